The minimum absolute atomic E-state index is 0.0186. The quantitative estimate of drug-likeness (QED) is 0.830. The van der Waals surface area contributed by atoms with Gasteiger partial charge in [0.2, 0.25) is 0 Å². The number of carbonyl (C=O) groups is 1. The minimum atomic E-state index is -0.653. The number of ether oxygens (including phenoxy) is 1. The second-order valence-corrected chi connectivity index (χ2v) is 6.56. The molecule has 1 amide bonds. The Morgan fingerprint density at radius 1 is 1.31 bits per heavy atom. The van der Waals surface area contributed by atoms with Crippen LogP contribution in [0.15, 0.2) is 42.6 Å². The Bertz CT molecular complexity index is 752. The van der Waals surface area contributed by atoms with Crippen LogP contribution >= 0.6 is 0 Å². The zero-order chi connectivity index (χ0) is 18.6. The van der Waals surface area contributed by atoms with Gasteiger partial charge in [-0.3, -0.25) is 9.78 Å². The third-order valence-corrected chi connectivity index (χ3v) is 4.67. The zero-order valence-electron chi connectivity index (χ0n) is 14.5. The van der Waals surface area contributed by atoms with E-state index >= 15 is 0 Å². The number of hydrogen-bond acceptors (Lipinski definition) is 4. The predicted molar refractivity (Wildman–Crippen MR) is 93.9 cm³/mol. The minimum Gasteiger partial charge on any atom is -0.383 e. The summed E-state index contributed by atoms with van der Waals surface area (Å²) in [5, 5.41) is 6.08. The number of nitrogens with zero attached hydrogens (tertiary/aromatic N) is 1. The third kappa shape index (κ3) is 4.35. The van der Waals surface area contributed by atoms with Gasteiger partial charge in [-0.2, -0.15) is 0 Å². The molecule has 0 aliphatic heterocycles. The van der Waals surface area contributed by atoms with Gasteiger partial charge < -0.3 is 15.4 Å². The van der Waals surface area contributed by atoms with E-state index in [-0.39, 0.29) is 12.0 Å². The van der Waals surface area contributed by atoms with Crippen molar-refractivity contribution >= 4 is 11.6 Å². The first-order valence-electron chi connectivity index (χ1n) is 8.46. The Kier molecular flexibility index (Phi) is 5.46. The molecule has 1 heterocycles. The maximum absolute atomic E-state index is 13.4. The van der Waals surface area contributed by atoms with Crippen molar-refractivity contribution in [2.24, 2.45) is 0 Å². The summed E-state index contributed by atoms with van der Waals surface area (Å²) >= 11 is 0. The van der Waals surface area contributed by atoms with E-state index in [2.05, 4.69) is 15.6 Å². The van der Waals surface area contributed by atoms with Gasteiger partial charge >= 0.3 is 0 Å². The van der Waals surface area contributed by atoms with E-state index in [1.54, 1.807) is 31.5 Å². The van der Waals surface area contributed by atoms with E-state index in [0.717, 1.165) is 12.5 Å². The fraction of sp³-hybridized carbons (Fsp3) is 0.368. The van der Waals surface area contributed by atoms with Gasteiger partial charge in [0, 0.05) is 31.6 Å². The van der Waals surface area contributed by atoms with E-state index in [1.807, 2.05) is 0 Å². The molecule has 7 heteroatoms. The second kappa shape index (κ2) is 7.78. The van der Waals surface area contributed by atoms with E-state index in [4.69, 9.17) is 4.74 Å². The van der Waals surface area contributed by atoms with Crippen LogP contribution in [-0.4, -0.2) is 36.2 Å². The van der Waals surface area contributed by atoms with Gasteiger partial charge in [-0.05, 0) is 43.5 Å². The van der Waals surface area contributed by atoms with Crippen LogP contribution in [0.1, 0.15) is 29.8 Å². The van der Waals surface area contributed by atoms with Gasteiger partial charge in [0.25, 0.3) is 5.91 Å². The molecule has 0 spiro atoms. The molecular weight excluding hydrogens is 340 g/mol. The topological polar surface area (TPSA) is 63.2 Å². The summed E-state index contributed by atoms with van der Waals surface area (Å²) in [7, 11) is 1.64. The molecule has 1 fully saturated rings. The first-order valence-corrected chi connectivity index (χ1v) is 8.46. The molecule has 1 aromatic carbocycles. The molecule has 1 aromatic heterocycles. The van der Waals surface area contributed by atoms with Gasteiger partial charge in [-0.25, -0.2) is 8.78 Å². The van der Waals surface area contributed by atoms with Gasteiger partial charge in [0.1, 0.15) is 17.3 Å². The van der Waals surface area contributed by atoms with Crippen LogP contribution in [0.4, 0.5) is 14.5 Å². The molecule has 1 aliphatic carbocycles. The number of methoxy groups -OCH3 is 1. The Hall–Kier alpha value is -2.54. The first kappa shape index (κ1) is 18.3. The number of anilines is 1. The number of aromatic nitrogens is 1. The average Bonchev–Trinajstić information content (AvgIpc) is 3.03. The predicted octanol–water partition coefficient (Wildman–Crippen LogP) is 3.14. The van der Waals surface area contributed by atoms with E-state index < -0.39 is 17.2 Å². The molecule has 0 radical (unpaired) electrons. The summed E-state index contributed by atoms with van der Waals surface area (Å²) < 4.78 is 32.2. The maximum Gasteiger partial charge on any atom is 0.270 e. The highest BCUT2D eigenvalue weighted by Gasteiger charge is 2.40. The SMILES string of the molecule is COC1CCC(CNc2cc(F)cc(F)c2)(NC(=O)c2ccccn2)C1. The van der Waals surface area contributed by atoms with Crippen molar-refractivity contribution in [2.75, 3.05) is 19.0 Å². The lowest BCUT2D eigenvalue weighted by Crippen LogP contribution is -2.52. The number of rotatable bonds is 6. The molecule has 2 aromatic rings. The lowest BCUT2D eigenvalue weighted by molar-refractivity contribution is 0.0850. The molecule has 1 saturated carbocycles. The molecule has 5 nitrogen and oxygen atoms in total. The van der Waals surface area contributed by atoms with E-state index in [1.165, 1.54) is 12.1 Å². The van der Waals surface area contributed by atoms with Crippen molar-refractivity contribution in [3.05, 3.63) is 59.9 Å². The molecular formula is C19H21F2N3O2. The summed E-state index contributed by atoms with van der Waals surface area (Å²) in [6, 6.07) is 8.39. The summed E-state index contributed by atoms with van der Waals surface area (Å²) in [5.74, 6) is -1.59. The van der Waals surface area contributed by atoms with Crippen LogP contribution in [0.3, 0.4) is 0 Å². The lowest BCUT2D eigenvalue weighted by atomic mass is 9.96. The molecule has 1 aliphatic rings. The molecule has 2 N–H and O–H groups in total. The van der Waals surface area contributed by atoms with E-state index in [0.29, 0.717) is 30.8 Å². The maximum atomic E-state index is 13.4. The van der Waals surface area contributed by atoms with Crippen molar-refractivity contribution in [3.8, 4) is 0 Å². The highest BCUT2D eigenvalue weighted by molar-refractivity contribution is 5.92. The second-order valence-electron chi connectivity index (χ2n) is 6.56. The van der Waals surface area contributed by atoms with Crippen LogP contribution in [0.25, 0.3) is 0 Å². The number of hydrogen-bond donors (Lipinski definition) is 2. The summed E-state index contributed by atoms with van der Waals surface area (Å²) in [5.41, 5.74) is 0.0670. The molecule has 0 saturated heterocycles. The van der Waals surface area contributed by atoms with Crippen molar-refractivity contribution in [3.63, 3.8) is 0 Å². The van der Waals surface area contributed by atoms with Crippen molar-refractivity contribution in [2.45, 2.75) is 30.9 Å². The number of amides is 1. The Labute approximate surface area is 150 Å². The van der Waals surface area contributed by atoms with Crippen LogP contribution in [0.2, 0.25) is 0 Å². The monoisotopic (exact) mass is 361 g/mol. The lowest BCUT2D eigenvalue weighted by Gasteiger charge is -2.31. The van der Waals surface area contributed by atoms with Crippen molar-refractivity contribution in [1.29, 1.82) is 0 Å². The number of nitrogens with one attached hydrogen (secondary N) is 2. The Morgan fingerprint density at radius 3 is 2.69 bits per heavy atom. The molecule has 2 atom stereocenters. The Morgan fingerprint density at radius 2 is 2.08 bits per heavy atom. The summed E-state index contributed by atoms with van der Waals surface area (Å²) in [6.07, 6.45) is 3.66. The average molecular weight is 361 g/mol. The van der Waals surface area contributed by atoms with E-state index in [9.17, 15) is 13.6 Å². The number of benzene rings is 1. The molecule has 2 unspecified atom stereocenters. The van der Waals surface area contributed by atoms with Crippen LogP contribution in [0.5, 0.6) is 0 Å². The fourth-order valence-electron chi connectivity index (χ4n) is 3.33. The molecule has 3 rings (SSSR count). The highest BCUT2D eigenvalue weighted by atomic mass is 19.1. The molecule has 26 heavy (non-hydrogen) atoms. The number of carbonyl (C=O) groups excluding carboxylic acids is 1. The zero-order valence-corrected chi connectivity index (χ0v) is 14.5. The fourth-order valence-corrected chi connectivity index (χ4v) is 3.33. The summed E-state index contributed by atoms with van der Waals surface area (Å²) in [6.45, 7) is 0.328. The summed E-state index contributed by atoms with van der Waals surface area (Å²) in [4.78, 5) is 16.6. The van der Waals surface area contributed by atoms with Gasteiger partial charge in [0.05, 0.1) is 11.6 Å². The smallest absolute Gasteiger partial charge is 0.270 e. The van der Waals surface area contributed by atoms with Crippen LogP contribution in [-0.2, 0) is 4.74 Å². The standard InChI is InChI=1S/C19H21F2N3O2/c1-26-16-5-6-19(11-16,24-18(25)17-4-2-3-7-22-17)12-23-15-9-13(20)8-14(21)10-15/h2-4,7-10,16,23H,5-6,11-12H2,1H3,(H,24,25). The number of pyridine rings is 1. The van der Waals surface area contributed by atoms with Crippen molar-refractivity contribution in [1.82, 2.24) is 10.3 Å². The molecule has 0 bridgehead atoms. The highest BCUT2D eigenvalue weighted by Crippen LogP contribution is 2.32. The van der Waals surface area contributed by atoms with Crippen LogP contribution < -0.4 is 10.6 Å². The van der Waals surface area contributed by atoms with Crippen molar-refractivity contribution < 1.29 is 18.3 Å². The van der Waals surface area contributed by atoms with Crippen LogP contribution in [0, 0.1) is 11.6 Å². The largest absolute Gasteiger partial charge is 0.383 e. The number of halogens is 2. The first-order chi connectivity index (χ1) is 12.5. The molecule has 138 valence electrons. The van der Waals surface area contributed by atoms with Gasteiger partial charge in [-0.15, -0.1) is 0 Å². The Balaban J connectivity index is 1.75. The van der Waals surface area contributed by atoms with Gasteiger partial charge in [-0.1, -0.05) is 6.07 Å². The third-order valence-electron chi connectivity index (χ3n) is 4.67. The normalized spacial score (nSPS) is 22.2. The van der Waals surface area contributed by atoms with Gasteiger partial charge in [0.15, 0.2) is 0 Å².